The third-order valence-electron chi connectivity index (χ3n) is 8.66. The van der Waals surface area contributed by atoms with Gasteiger partial charge in [-0.1, -0.05) is 91.0 Å². The maximum atomic E-state index is 6.69. The first-order valence-corrected chi connectivity index (χ1v) is 13.9. The maximum Gasteiger partial charge on any atom is 0.151 e. The number of nitrogens with zero attached hydrogens (tertiary/aromatic N) is 3. The highest BCUT2D eigenvalue weighted by Crippen LogP contribution is 2.43. The molecule has 10 rings (SSSR count). The molecule has 4 nitrogen and oxygen atoms in total. The molecule has 0 N–H and O–H groups in total. The predicted molar refractivity (Wildman–Crippen MR) is 169 cm³/mol. The first kappa shape index (κ1) is 21.2. The molecule has 0 saturated carbocycles. The van der Waals surface area contributed by atoms with Gasteiger partial charge < -0.3 is 4.42 Å². The first-order chi connectivity index (χ1) is 20.3. The average Bonchev–Trinajstić information content (AvgIpc) is 3.70. The second-order valence-corrected chi connectivity index (χ2v) is 10.8. The number of benzene rings is 6. The minimum absolute atomic E-state index is 0.873. The van der Waals surface area contributed by atoms with E-state index in [9.17, 15) is 0 Å². The molecule has 0 bridgehead atoms. The summed E-state index contributed by atoms with van der Waals surface area (Å²) < 4.78 is 11.4. The Labute approximate surface area is 233 Å². The van der Waals surface area contributed by atoms with Crippen LogP contribution in [0.4, 0.5) is 0 Å². The number of imidazole rings is 1. The Morgan fingerprint density at radius 2 is 1.22 bits per heavy atom. The monoisotopic (exact) mass is 523 g/mol. The third-order valence-corrected chi connectivity index (χ3v) is 8.66. The number of hydrogen-bond acceptors (Lipinski definition) is 2. The molecule has 0 aliphatic heterocycles. The van der Waals surface area contributed by atoms with Gasteiger partial charge >= 0.3 is 0 Å². The van der Waals surface area contributed by atoms with Crippen LogP contribution in [-0.2, 0) is 0 Å². The number of pyridine rings is 1. The summed E-state index contributed by atoms with van der Waals surface area (Å²) in [5.74, 6) is 0. The van der Waals surface area contributed by atoms with Crippen molar-refractivity contribution >= 4 is 82.1 Å². The summed E-state index contributed by atoms with van der Waals surface area (Å²) in [4.78, 5) is 5.20. The fraction of sp³-hybridized carbons (Fsp3) is 0. The van der Waals surface area contributed by atoms with Gasteiger partial charge in [0, 0.05) is 16.5 Å². The van der Waals surface area contributed by atoms with Crippen molar-refractivity contribution in [2.75, 3.05) is 0 Å². The number of aromatic nitrogens is 3. The van der Waals surface area contributed by atoms with Crippen LogP contribution in [-0.4, -0.2) is 14.0 Å². The number of para-hydroxylation sites is 4. The molecule has 190 valence electrons. The molecule has 41 heavy (non-hydrogen) atoms. The van der Waals surface area contributed by atoms with E-state index in [1.54, 1.807) is 0 Å². The van der Waals surface area contributed by atoms with Gasteiger partial charge in [0.25, 0.3) is 0 Å². The van der Waals surface area contributed by atoms with Crippen LogP contribution in [0.25, 0.3) is 87.8 Å². The van der Waals surface area contributed by atoms with Gasteiger partial charge in [-0.15, -0.1) is 0 Å². The lowest BCUT2D eigenvalue weighted by Gasteiger charge is -2.12. The smallest absolute Gasteiger partial charge is 0.151 e. The maximum absolute atomic E-state index is 6.69. The fourth-order valence-corrected chi connectivity index (χ4v) is 6.90. The number of fused-ring (bicyclic) bond motifs is 15. The summed E-state index contributed by atoms with van der Waals surface area (Å²) in [5, 5.41) is 9.35. The second-order valence-electron chi connectivity index (χ2n) is 10.8. The summed E-state index contributed by atoms with van der Waals surface area (Å²) >= 11 is 0. The van der Waals surface area contributed by atoms with Crippen molar-refractivity contribution in [3.05, 3.63) is 127 Å². The van der Waals surface area contributed by atoms with E-state index in [0.29, 0.717) is 0 Å². The van der Waals surface area contributed by atoms with E-state index in [-0.39, 0.29) is 0 Å². The lowest BCUT2D eigenvalue weighted by Crippen LogP contribution is -1.99. The lowest BCUT2D eigenvalue weighted by atomic mass is 10.0. The minimum Gasteiger partial charge on any atom is -0.455 e. The normalized spacial score (nSPS) is 12.4. The van der Waals surface area contributed by atoms with E-state index in [1.807, 2.05) is 12.1 Å². The Morgan fingerprint density at radius 1 is 0.537 bits per heavy atom. The lowest BCUT2D eigenvalue weighted by molar-refractivity contribution is 0.673. The molecule has 0 saturated heterocycles. The van der Waals surface area contributed by atoms with Crippen molar-refractivity contribution in [2.45, 2.75) is 0 Å². The minimum atomic E-state index is 0.873. The van der Waals surface area contributed by atoms with Crippen LogP contribution >= 0.6 is 0 Å². The Hall–Kier alpha value is -5.61. The van der Waals surface area contributed by atoms with Gasteiger partial charge in [0.15, 0.2) is 11.2 Å². The van der Waals surface area contributed by atoms with Crippen molar-refractivity contribution in [1.29, 1.82) is 0 Å². The van der Waals surface area contributed by atoms with Crippen molar-refractivity contribution < 1.29 is 4.42 Å². The molecule has 0 unspecified atom stereocenters. The van der Waals surface area contributed by atoms with Crippen LogP contribution in [0.5, 0.6) is 0 Å². The third kappa shape index (κ3) is 2.66. The molecule has 4 heteroatoms. The van der Waals surface area contributed by atoms with E-state index in [1.165, 1.54) is 21.5 Å². The standard InChI is InChI=1S/C37H21N3O/c1-2-10-25-22(9-1)17-18-23-19-20-24(21-28(23)25)39-30-14-6-3-11-26(30)34-35-33(27-12-4-8-16-32(27)41-35)36-38-29-13-5-7-15-31(29)40(36)37(34)39/h1-21H. The Bertz CT molecular complexity index is 2670. The van der Waals surface area contributed by atoms with Gasteiger partial charge in [0.2, 0.25) is 0 Å². The highest BCUT2D eigenvalue weighted by Gasteiger charge is 2.25. The molecular weight excluding hydrogens is 502 g/mol. The zero-order chi connectivity index (χ0) is 26.7. The molecule has 0 atom stereocenters. The van der Waals surface area contributed by atoms with Crippen molar-refractivity contribution in [1.82, 2.24) is 14.0 Å². The molecule has 4 aromatic heterocycles. The molecule has 10 aromatic rings. The molecule has 0 radical (unpaired) electrons. The molecule has 4 heterocycles. The van der Waals surface area contributed by atoms with Crippen LogP contribution in [0.15, 0.2) is 132 Å². The number of hydrogen-bond donors (Lipinski definition) is 0. The van der Waals surface area contributed by atoms with E-state index in [0.717, 1.165) is 66.2 Å². The highest BCUT2D eigenvalue weighted by molar-refractivity contribution is 6.27. The van der Waals surface area contributed by atoms with Crippen molar-refractivity contribution in [2.24, 2.45) is 0 Å². The summed E-state index contributed by atoms with van der Waals surface area (Å²) in [6.45, 7) is 0. The summed E-state index contributed by atoms with van der Waals surface area (Å²) in [6, 6.07) is 45.2. The summed E-state index contributed by atoms with van der Waals surface area (Å²) in [7, 11) is 0. The van der Waals surface area contributed by atoms with Crippen LogP contribution < -0.4 is 0 Å². The number of furan rings is 1. The fourth-order valence-electron chi connectivity index (χ4n) is 6.90. The van der Waals surface area contributed by atoms with Gasteiger partial charge in [-0.05, 0) is 57.9 Å². The van der Waals surface area contributed by atoms with Gasteiger partial charge in [-0.3, -0.25) is 8.97 Å². The van der Waals surface area contributed by atoms with E-state index in [2.05, 4.69) is 124 Å². The van der Waals surface area contributed by atoms with Gasteiger partial charge in [-0.2, -0.15) is 0 Å². The molecule has 0 amide bonds. The number of rotatable bonds is 1. The molecule has 0 fully saturated rings. The topological polar surface area (TPSA) is 35.4 Å². The largest absolute Gasteiger partial charge is 0.455 e. The van der Waals surface area contributed by atoms with Crippen LogP contribution in [0, 0.1) is 0 Å². The van der Waals surface area contributed by atoms with E-state index >= 15 is 0 Å². The molecule has 6 aromatic carbocycles. The van der Waals surface area contributed by atoms with Crippen LogP contribution in [0.3, 0.4) is 0 Å². The van der Waals surface area contributed by atoms with Gasteiger partial charge in [-0.25, -0.2) is 4.98 Å². The van der Waals surface area contributed by atoms with E-state index < -0.39 is 0 Å². The summed E-state index contributed by atoms with van der Waals surface area (Å²) in [6.07, 6.45) is 0. The Kier molecular flexibility index (Phi) is 3.90. The van der Waals surface area contributed by atoms with Crippen molar-refractivity contribution in [3.63, 3.8) is 0 Å². The van der Waals surface area contributed by atoms with Crippen LogP contribution in [0.1, 0.15) is 0 Å². The Balaban J connectivity index is 1.50. The van der Waals surface area contributed by atoms with E-state index in [4.69, 9.17) is 9.40 Å². The molecular formula is C37H21N3O. The van der Waals surface area contributed by atoms with Crippen LogP contribution in [0.2, 0.25) is 0 Å². The highest BCUT2D eigenvalue weighted by atomic mass is 16.3. The zero-order valence-electron chi connectivity index (χ0n) is 21.9. The van der Waals surface area contributed by atoms with Gasteiger partial charge in [0.1, 0.15) is 11.2 Å². The van der Waals surface area contributed by atoms with Gasteiger partial charge in [0.05, 0.1) is 27.3 Å². The first-order valence-electron chi connectivity index (χ1n) is 13.9. The average molecular weight is 524 g/mol. The summed E-state index contributed by atoms with van der Waals surface area (Å²) in [5.41, 5.74) is 8.00. The predicted octanol–water partition coefficient (Wildman–Crippen LogP) is 9.79. The zero-order valence-corrected chi connectivity index (χ0v) is 21.9. The molecule has 0 aliphatic rings. The Morgan fingerprint density at radius 3 is 2.12 bits per heavy atom. The quantitative estimate of drug-likeness (QED) is 0.201. The molecule has 0 spiro atoms. The second kappa shape index (κ2) is 7.52. The van der Waals surface area contributed by atoms with Crippen molar-refractivity contribution in [3.8, 4) is 5.69 Å². The SMILES string of the molecule is c1ccc2c(c1)ccc1ccc(-n3c4ccccc4c4c5oc6ccccc6c5c5nc6ccccc6n5c43)cc12. The molecule has 0 aliphatic carbocycles.